The molecule has 0 aliphatic heterocycles. The lowest BCUT2D eigenvalue weighted by Gasteiger charge is -2.16. The predicted molar refractivity (Wildman–Crippen MR) is 88.4 cm³/mol. The first-order valence-corrected chi connectivity index (χ1v) is 7.65. The molecule has 1 amide bonds. The van der Waals surface area contributed by atoms with Gasteiger partial charge in [0.15, 0.2) is 0 Å². The summed E-state index contributed by atoms with van der Waals surface area (Å²) in [6.45, 7) is 3.96. The van der Waals surface area contributed by atoms with Gasteiger partial charge in [0.2, 0.25) is 5.56 Å². The number of para-hydroxylation sites is 1. The first-order chi connectivity index (χ1) is 10.5. The van der Waals surface area contributed by atoms with Gasteiger partial charge in [0.05, 0.1) is 11.0 Å². The van der Waals surface area contributed by atoms with E-state index in [2.05, 4.69) is 26.2 Å². The number of ether oxygens (including phenoxy) is 1. The van der Waals surface area contributed by atoms with Gasteiger partial charge in [0.25, 0.3) is 5.91 Å². The molecule has 0 saturated heterocycles. The van der Waals surface area contributed by atoms with Gasteiger partial charge >= 0.3 is 0 Å². The summed E-state index contributed by atoms with van der Waals surface area (Å²) in [5.41, 5.74) is 0.701. The molecule has 0 aliphatic rings. The molecule has 0 unspecified atom stereocenters. The standard InChI is InChI=1S/C16H17BrN2O3/c1-10-7-13(19-15(20)8-10)16(21)18-9-11(2)22-14-6-4-3-5-12(14)17/h3-8,11H,9H2,1-2H3,(H,18,21)(H,19,20)/t11-/m0/s1. The van der Waals surface area contributed by atoms with Crippen molar-refractivity contribution in [1.82, 2.24) is 10.3 Å². The molecule has 1 aromatic heterocycles. The monoisotopic (exact) mass is 364 g/mol. The summed E-state index contributed by atoms with van der Waals surface area (Å²) >= 11 is 3.41. The van der Waals surface area contributed by atoms with E-state index >= 15 is 0 Å². The third kappa shape index (κ3) is 4.46. The van der Waals surface area contributed by atoms with E-state index in [1.807, 2.05) is 31.2 Å². The Morgan fingerprint density at radius 1 is 1.36 bits per heavy atom. The first-order valence-electron chi connectivity index (χ1n) is 6.86. The summed E-state index contributed by atoms with van der Waals surface area (Å²) < 4.78 is 6.60. The van der Waals surface area contributed by atoms with Crippen LogP contribution < -0.4 is 15.6 Å². The van der Waals surface area contributed by atoms with E-state index in [0.29, 0.717) is 12.3 Å². The highest BCUT2D eigenvalue weighted by atomic mass is 79.9. The molecule has 116 valence electrons. The van der Waals surface area contributed by atoms with E-state index in [9.17, 15) is 9.59 Å². The fraction of sp³-hybridized carbons (Fsp3) is 0.250. The van der Waals surface area contributed by atoms with Crippen LogP contribution in [0.1, 0.15) is 23.0 Å². The van der Waals surface area contributed by atoms with E-state index in [1.54, 1.807) is 13.0 Å². The van der Waals surface area contributed by atoms with Crippen molar-refractivity contribution in [2.45, 2.75) is 20.0 Å². The summed E-state index contributed by atoms with van der Waals surface area (Å²) in [7, 11) is 0. The minimum absolute atomic E-state index is 0.209. The summed E-state index contributed by atoms with van der Waals surface area (Å²) in [4.78, 5) is 25.9. The molecule has 1 aromatic carbocycles. The predicted octanol–water partition coefficient (Wildman–Crippen LogP) is 2.64. The zero-order chi connectivity index (χ0) is 16.1. The lowest BCUT2D eigenvalue weighted by Crippen LogP contribution is -2.34. The Kier molecular flexibility index (Phi) is 5.38. The maximum Gasteiger partial charge on any atom is 0.267 e. The van der Waals surface area contributed by atoms with Crippen molar-refractivity contribution in [3.05, 3.63) is 62.5 Å². The Morgan fingerprint density at radius 3 is 2.77 bits per heavy atom. The molecule has 0 aliphatic carbocycles. The highest BCUT2D eigenvalue weighted by molar-refractivity contribution is 9.10. The molecule has 2 N–H and O–H groups in total. The number of pyridine rings is 1. The largest absolute Gasteiger partial charge is 0.488 e. The second kappa shape index (κ2) is 7.26. The molecule has 0 fully saturated rings. The zero-order valence-electron chi connectivity index (χ0n) is 12.4. The Hall–Kier alpha value is -2.08. The fourth-order valence-electron chi connectivity index (χ4n) is 1.93. The molecule has 0 radical (unpaired) electrons. The first kappa shape index (κ1) is 16.3. The van der Waals surface area contributed by atoms with Gasteiger partial charge in [-0.2, -0.15) is 0 Å². The number of carbonyl (C=O) groups excluding carboxylic acids is 1. The lowest BCUT2D eigenvalue weighted by molar-refractivity contribution is 0.0926. The fourth-order valence-corrected chi connectivity index (χ4v) is 2.31. The Labute approximate surface area is 136 Å². The number of rotatable bonds is 5. The molecule has 2 rings (SSSR count). The molecule has 0 bridgehead atoms. The van der Waals surface area contributed by atoms with Crippen molar-refractivity contribution < 1.29 is 9.53 Å². The third-order valence-corrected chi connectivity index (χ3v) is 3.60. The molecular weight excluding hydrogens is 348 g/mol. The summed E-state index contributed by atoms with van der Waals surface area (Å²) in [5, 5.41) is 2.74. The highest BCUT2D eigenvalue weighted by Gasteiger charge is 2.11. The third-order valence-electron chi connectivity index (χ3n) is 2.95. The number of hydrogen-bond donors (Lipinski definition) is 2. The maximum absolute atomic E-state index is 12.0. The SMILES string of the molecule is Cc1cc(C(=O)NC[C@H](C)Oc2ccccc2Br)[nH]c(=O)c1. The van der Waals surface area contributed by atoms with Crippen molar-refractivity contribution in [3.63, 3.8) is 0 Å². The molecule has 0 spiro atoms. The summed E-state index contributed by atoms with van der Waals surface area (Å²) in [5.74, 6) is 0.386. The molecule has 1 heterocycles. The van der Waals surface area contributed by atoms with Crippen LogP contribution in [0.3, 0.4) is 0 Å². The summed E-state index contributed by atoms with van der Waals surface area (Å²) in [6.07, 6.45) is -0.209. The van der Waals surface area contributed by atoms with Crippen LogP contribution in [0.5, 0.6) is 5.75 Å². The molecule has 22 heavy (non-hydrogen) atoms. The number of aryl methyl sites for hydroxylation is 1. The molecule has 2 aromatic rings. The van der Waals surface area contributed by atoms with Crippen molar-refractivity contribution in [3.8, 4) is 5.75 Å². The van der Waals surface area contributed by atoms with Gasteiger partial charge in [-0.3, -0.25) is 9.59 Å². The molecule has 6 heteroatoms. The van der Waals surface area contributed by atoms with Gasteiger partial charge in [0, 0.05) is 6.07 Å². The summed E-state index contributed by atoms with van der Waals surface area (Å²) in [6, 6.07) is 10.6. The normalized spacial score (nSPS) is 11.8. The number of halogens is 1. The van der Waals surface area contributed by atoms with Crippen LogP contribution in [0.2, 0.25) is 0 Å². The van der Waals surface area contributed by atoms with Crippen molar-refractivity contribution in [1.29, 1.82) is 0 Å². The van der Waals surface area contributed by atoms with Crippen LogP contribution in [0.4, 0.5) is 0 Å². The zero-order valence-corrected chi connectivity index (χ0v) is 13.9. The number of hydrogen-bond acceptors (Lipinski definition) is 3. The average Bonchev–Trinajstić information content (AvgIpc) is 2.46. The second-order valence-corrected chi connectivity index (χ2v) is 5.86. The topological polar surface area (TPSA) is 71.2 Å². The number of benzene rings is 1. The number of amides is 1. The van der Waals surface area contributed by atoms with E-state index in [-0.39, 0.29) is 23.3 Å². The number of H-pyrrole nitrogens is 1. The number of aromatic amines is 1. The lowest BCUT2D eigenvalue weighted by atomic mass is 10.2. The maximum atomic E-state index is 12.0. The highest BCUT2D eigenvalue weighted by Crippen LogP contribution is 2.24. The van der Waals surface area contributed by atoms with Crippen LogP contribution in [-0.2, 0) is 0 Å². The minimum atomic E-state index is -0.330. The second-order valence-electron chi connectivity index (χ2n) is 5.00. The van der Waals surface area contributed by atoms with E-state index in [0.717, 1.165) is 10.0 Å². The van der Waals surface area contributed by atoms with Crippen LogP contribution >= 0.6 is 15.9 Å². The van der Waals surface area contributed by atoms with Gasteiger partial charge in [-0.05, 0) is 53.5 Å². The van der Waals surface area contributed by atoms with Crippen molar-refractivity contribution in [2.24, 2.45) is 0 Å². The number of carbonyl (C=O) groups is 1. The smallest absolute Gasteiger partial charge is 0.267 e. The van der Waals surface area contributed by atoms with E-state index < -0.39 is 0 Å². The van der Waals surface area contributed by atoms with Gasteiger partial charge in [0.1, 0.15) is 17.5 Å². The van der Waals surface area contributed by atoms with Gasteiger partial charge in [-0.25, -0.2) is 0 Å². The Balaban J connectivity index is 1.93. The van der Waals surface area contributed by atoms with Crippen molar-refractivity contribution >= 4 is 21.8 Å². The Bertz CT molecular complexity index is 727. The average molecular weight is 365 g/mol. The van der Waals surface area contributed by atoms with Crippen LogP contribution in [0.25, 0.3) is 0 Å². The minimum Gasteiger partial charge on any atom is -0.488 e. The molecular formula is C16H17BrN2O3. The van der Waals surface area contributed by atoms with Gasteiger partial charge in [-0.15, -0.1) is 0 Å². The van der Waals surface area contributed by atoms with Gasteiger partial charge < -0.3 is 15.0 Å². The van der Waals surface area contributed by atoms with Crippen molar-refractivity contribution in [2.75, 3.05) is 6.54 Å². The molecule has 5 nitrogen and oxygen atoms in total. The quantitative estimate of drug-likeness (QED) is 0.856. The van der Waals surface area contributed by atoms with Crippen LogP contribution in [-0.4, -0.2) is 23.5 Å². The number of nitrogens with one attached hydrogen (secondary N) is 2. The Morgan fingerprint density at radius 2 is 2.09 bits per heavy atom. The number of aromatic nitrogens is 1. The van der Waals surface area contributed by atoms with E-state index in [1.165, 1.54) is 6.07 Å². The van der Waals surface area contributed by atoms with E-state index in [4.69, 9.17) is 4.74 Å². The van der Waals surface area contributed by atoms with Crippen LogP contribution in [0.15, 0.2) is 45.7 Å². The van der Waals surface area contributed by atoms with Crippen LogP contribution in [0, 0.1) is 6.92 Å². The molecule has 1 atom stereocenters. The molecule has 0 saturated carbocycles. The van der Waals surface area contributed by atoms with Gasteiger partial charge in [-0.1, -0.05) is 12.1 Å².